The van der Waals surface area contributed by atoms with Crippen LogP contribution in [0.1, 0.15) is 29.5 Å². The lowest BCUT2D eigenvalue weighted by atomic mass is 10.0. The first-order valence-electron chi connectivity index (χ1n) is 11.6. The van der Waals surface area contributed by atoms with Crippen molar-refractivity contribution in [2.24, 2.45) is 0 Å². The Bertz CT molecular complexity index is 1100. The van der Waals surface area contributed by atoms with Crippen molar-refractivity contribution in [2.75, 3.05) is 13.7 Å². The van der Waals surface area contributed by atoms with Gasteiger partial charge in [-0.05, 0) is 43.2 Å². The Balaban J connectivity index is 1.79. The minimum Gasteiger partial charge on any atom is -0.494 e. The van der Waals surface area contributed by atoms with E-state index >= 15 is 0 Å². The van der Waals surface area contributed by atoms with Crippen molar-refractivity contribution < 1.29 is 14.3 Å². The van der Waals surface area contributed by atoms with Crippen LogP contribution in [0.5, 0.6) is 5.75 Å². The van der Waals surface area contributed by atoms with Crippen LogP contribution in [0.2, 0.25) is 10.0 Å². The minimum atomic E-state index is -0.722. The number of amides is 2. The first-order chi connectivity index (χ1) is 16.9. The number of ether oxygens (including phenoxy) is 1. The molecule has 0 radical (unpaired) electrons. The molecule has 184 valence electrons. The molecule has 2 amide bonds. The van der Waals surface area contributed by atoms with Crippen LogP contribution in [0.4, 0.5) is 0 Å². The summed E-state index contributed by atoms with van der Waals surface area (Å²) in [6.45, 7) is 2.53. The molecule has 0 spiro atoms. The number of nitrogens with one attached hydrogen (secondary N) is 1. The maximum Gasteiger partial charge on any atom is 0.242 e. The third-order valence-electron chi connectivity index (χ3n) is 5.73. The summed E-state index contributed by atoms with van der Waals surface area (Å²) in [6.07, 6.45) is 1.09. The van der Waals surface area contributed by atoms with Crippen LogP contribution < -0.4 is 10.1 Å². The van der Waals surface area contributed by atoms with Gasteiger partial charge in [-0.2, -0.15) is 0 Å². The van der Waals surface area contributed by atoms with Crippen molar-refractivity contribution in [3.05, 3.63) is 99.5 Å². The number of likely N-dealkylation sites (N-methyl/N-ethyl adjacent to an activating group) is 1. The smallest absolute Gasteiger partial charge is 0.242 e. The third kappa shape index (κ3) is 7.74. The molecular formula is C28H30Cl2N2O3. The van der Waals surface area contributed by atoms with Crippen LogP contribution in [0, 0.1) is 6.92 Å². The predicted octanol–water partition coefficient (Wildman–Crippen LogP) is 5.85. The second kappa shape index (κ2) is 13.2. The molecule has 35 heavy (non-hydrogen) atoms. The topological polar surface area (TPSA) is 58.6 Å². The third-order valence-corrected chi connectivity index (χ3v) is 6.44. The van der Waals surface area contributed by atoms with Gasteiger partial charge in [0.25, 0.3) is 0 Å². The summed E-state index contributed by atoms with van der Waals surface area (Å²) in [4.78, 5) is 28.0. The van der Waals surface area contributed by atoms with Gasteiger partial charge in [-0.25, -0.2) is 0 Å². The molecule has 1 N–H and O–H groups in total. The molecule has 5 nitrogen and oxygen atoms in total. The number of hydrogen-bond donors (Lipinski definition) is 1. The van der Waals surface area contributed by atoms with Crippen molar-refractivity contribution >= 4 is 35.0 Å². The van der Waals surface area contributed by atoms with Gasteiger partial charge in [0.05, 0.1) is 6.61 Å². The fourth-order valence-electron chi connectivity index (χ4n) is 3.77. The Morgan fingerprint density at radius 3 is 2.23 bits per heavy atom. The monoisotopic (exact) mass is 512 g/mol. The Kier molecular flexibility index (Phi) is 10.0. The number of benzene rings is 3. The van der Waals surface area contributed by atoms with Crippen LogP contribution in [0.25, 0.3) is 0 Å². The van der Waals surface area contributed by atoms with Crippen molar-refractivity contribution in [1.82, 2.24) is 10.2 Å². The molecule has 0 aliphatic heterocycles. The Morgan fingerprint density at radius 1 is 0.943 bits per heavy atom. The van der Waals surface area contributed by atoms with E-state index in [0.29, 0.717) is 35.1 Å². The fraction of sp³-hybridized carbons (Fsp3) is 0.286. The molecule has 0 aliphatic rings. The lowest BCUT2D eigenvalue weighted by Crippen LogP contribution is -2.49. The number of carbonyl (C=O) groups excluding carboxylic acids is 2. The molecule has 0 aromatic heterocycles. The van der Waals surface area contributed by atoms with E-state index in [-0.39, 0.29) is 24.8 Å². The molecule has 3 rings (SSSR count). The maximum absolute atomic E-state index is 13.5. The molecule has 0 saturated carbocycles. The van der Waals surface area contributed by atoms with Crippen molar-refractivity contribution in [3.8, 4) is 5.75 Å². The number of rotatable bonds is 11. The van der Waals surface area contributed by atoms with Gasteiger partial charge in [0.2, 0.25) is 11.8 Å². The molecule has 0 fully saturated rings. The second-order valence-corrected chi connectivity index (χ2v) is 9.12. The highest BCUT2D eigenvalue weighted by molar-refractivity contribution is 6.36. The summed E-state index contributed by atoms with van der Waals surface area (Å²) in [5.74, 6) is 0.342. The van der Waals surface area contributed by atoms with Gasteiger partial charge in [-0.3, -0.25) is 9.59 Å². The van der Waals surface area contributed by atoms with E-state index in [9.17, 15) is 9.59 Å². The van der Waals surface area contributed by atoms with E-state index in [1.807, 2.05) is 61.5 Å². The normalized spacial score (nSPS) is 11.5. The standard InChI is InChI=1S/C28H30Cl2N2O3/c1-20-13-15-22(16-14-20)35-17-7-12-27(33)32(19-23-24(29)10-6-11-25(23)30)26(28(34)31-2)18-21-8-4-3-5-9-21/h3-6,8-11,13-16,26H,7,12,17-19H2,1-2H3,(H,31,34)/t26-/m1/s1. The van der Waals surface area contributed by atoms with Crippen LogP contribution in [-0.2, 0) is 22.6 Å². The number of aryl methyl sites for hydroxylation is 1. The first kappa shape index (κ1) is 26.6. The van der Waals surface area contributed by atoms with Crippen LogP contribution in [-0.4, -0.2) is 36.4 Å². The molecule has 0 aliphatic carbocycles. The second-order valence-electron chi connectivity index (χ2n) is 8.31. The van der Waals surface area contributed by atoms with Gasteiger partial charge in [0, 0.05) is 42.0 Å². The van der Waals surface area contributed by atoms with E-state index in [0.717, 1.165) is 16.9 Å². The Morgan fingerprint density at radius 2 is 1.60 bits per heavy atom. The summed E-state index contributed by atoms with van der Waals surface area (Å²) in [7, 11) is 1.57. The zero-order chi connectivity index (χ0) is 25.2. The zero-order valence-corrected chi connectivity index (χ0v) is 21.5. The van der Waals surface area contributed by atoms with Crippen molar-refractivity contribution in [3.63, 3.8) is 0 Å². The highest BCUT2D eigenvalue weighted by Crippen LogP contribution is 2.27. The van der Waals surface area contributed by atoms with E-state index in [4.69, 9.17) is 27.9 Å². The molecule has 7 heteroatoms. The van der Waals surface area contributed by atoms with Crippen molar-refractivity contribution in [1.29, 1.82) is 0 Å². The molecule has 0 saturated heterocycles. The summed E-state index contributed by atoms with van der Waals surface area (Å²) in [5, 5.41) is 3.61. The Labute approximate surface area is 217 Å². The van der Waals surface area contributed by atoms with Crippen LogP contribution in [0.15, 0.2) is 72.8 Å². The summed E-state index contributed by atoms with van der Waals surface area (Å²) in [5.41, 5.74) is 2.72. The first-order valence-corrected chi connectivity index (χ1v) is 12.3. The molecular weight excluding hydrogens is 483 g/mol. The van der Waals surface area contributed by atoms with Gasteiger partial charge in [0.1, 0.15) is 11.8 Å². The minimum absolute atomic E-state index is 0.126. The van der Waals surface area contributed by atoms with E-state index in [1.165, 1.54) is 0 Å². The van der Waals surface area contributed by atoms with Gasteiger partial charge < -0.3 is 15.0 Å². The average Bonchev–Trinajstić information content (AvgIpc) is 2.86. The zero-order valence-electron chi connectivity index (χ0n) is 20.0. The average molecular weight is 513 g/mol. The van der Waals surface area contributed by atoms with Gasteiger partial charge in [-0.1, -0.05) is 77.3 Å². The number of hydrogen-bond acceptors (Lipinski definition) is 3. The van der Waals surface area contributed by atoms with E-state index in [1.54, 1.807) is 30.1 Å². The van der Waals surface area contributed by atoms with Gasteiger partial charge >= 0.3 is 0 Å². The fourth-order valence-corrected chi connectivity index (χ4v) is 4.28. The number of carbonyl (C=O) groups is 2. The quantitative estimate of drug-likeness (QED) is 0.328. The van der Waals surface area contributed by atoms with Gasteiger partial charge in [0.15, 0.2) is 0 Å². The van der Waals surface area contributed by atoms with E-state index in [2.05, 4.69) is 5.32 Å². The highest BCUT2D eigenvalue weighted by atomic mass is 35.5. The Hall–Kier alpha value is -3.02. The van der Waals surface area contributed by atoms with Crippen molar-refractivity contribution in [2.45, 2.75) is 38.8 Å². The summed E-state index contributed by atoms with van der Waals surface area (Å²) >= 11 is 12.8. The number of halogens is 2. The van der Waals surface area contributed by atoms with Gasteiger partial charge in [-0.15, -0.1) is 0 Å². The molecule has 0 unspecified atom stereocenters. The predicted molar refractivity (Wildman–Crippen MR) is 141 cm³/mol. The summed E-state index contributed by atoms with van der Waals surface area (Å²) in [6, 6.07) is 21.9. The maximum atomic E-state index is 13.5. The lowest BCUT2D eigenvalue weighted by Gasteiger charge is -2.31. The van der Waals surface area contributed by atoms with Crippen LogP contribution >= 0.6 is 23.2 Å². The lowest BCUT2D eigenvalue weighted by molar-refractivity contribution is -0.141. The molecule has 3 aromatic rings. The summed E-state index contributed by atoms with van der Waals surface area (Å²) < 4.78 is 5.78. The molecule has 0 heterocycles. The highest BCUT2D eigenvalue weighted by Gasteiger charge is 2.30. The van der Waals surface area contributed by atoms with E-state index < -0.39 is 6.04 Å². The molecule has 0 bridgehead atoms. The van der Waals surface area contributed by atoms with Crippen LogP contribution in [0.3, 0.4) is 0 Å². The number of nitrogens with zero attached hydrogens (tertiary/aromatic N) is 1. The largest absolute Gasteiger partial charge is 0.494 e. The SMILES string of the molecule is CNC(=O)[C@@H](Cc1ccccc1)N(Cc1c(Cl)cccc1Cl)C(=O)CCCOc1ccc(C)cc1. The molecule has 1 atom stereocenters. The molecule has 3 aromatic carbocycles.